The first-order valence-electron chi connectivity index (χ1n) is 7.39. The van der Waals surface area contributed by atoms with Crippen molar-refractivity contribution in [3.8, 4) is 0 Å². The Labute approximate surface area is 148 Å². The standard InChI is InChI=1S/C18H15ClN2O2S/c1-11(16(22)12-7-9-13(19)10-8-12)24-18-20-15-6-4-3-5-14(15)17(23)21(18)2/h3-11H,1-2H3. The monoisotopic (exact) mass is 358 g/mol. The van der Waals surface area contributed by atoms with Crippen molar-refractivity contribution in [1.82, 2.24) is 9.55 Å². The average Bonchev–Trinajstić information content (AvgIpc) is 2.59. The highest BCUT2D eigenvalue weighted by atomic mass is 35.5. The molecule has 3 aromatic rings. The zero-order chi connectivity index (χ0) is 17.3. The first kappa shape index (κ1) is 16.7. The molecule has 0 fully saturated rings. The molecule has 3 rings (SSSR count). The van der Waals surface area contributed by atoms with Gasteiger partial charge in [0.05, 0.1) is 16.2 Å². The van der Waals surface area contributed by atoms with Crippen molar-refractivity contribution in [3.63, 3.8) is 0 Å². The third-order valence-electron chi connectivity index (χ3n) is 3.72. The summed E-state index contributed by atoms with van der Waals surface area (Å²) in [6.07, 6.45) is 0. The maximum atomic E-state index is 12.5. The van der Waals surface area contributed by atoms with Gasteiger partial charge in [0, 0.05) is 17.6 Å². The lowest BCUT2D eigenvalue weighted by molar-refractivity contribution is 0.0994. The summed E-state index contributed by atoms with van der Waals surface area (Å²) in [4.78, 5) is 29.5. The second-order valence-electron chi connectivity index (χ2n) is 5.41. The van der Waals surface area contributed by atoms with Crippen LogP contribution >= 0.6 is 23.4 Å². The van der Waals surface area contributed by atoms with Crippen molar-refractivity contribution in [2.24, 2.45) is 7.05 Å². The van der Waals surface area contributed by atoms with Gasteiger partial charge in [-0.05, 0) is 43.3 Å². The van der Waals surface area contributed by atoms with Crippen molar-refractivity contribution >= 4 is 40.0 Å². The van der Waals surface area contributed by atoms with Gasteiger partial charge in [-0.1, -0.05) is 35.5 Å². The summed E-state index contributed by atoms with van der Waals surface area (Å²) in [5, 5.41) is 1.31. The lowest BCUT2D eigenvalue weighted by Crippen LogP contribution is -2.22. The molecule has 1 unspecified atom stereocenters. The lowest BCUT2D eigenvalue weighted by atomic mass is 10.1. The van der Waals surface area contributed by atoms with Crippen LogP contribution in [0.4, 0.5) is 0 Å². The average molecular weight is 359 g/mol. The number of rotatable bonds is 4. The quantitative estimate of drug-likeness (QED) is 0.402. The van der Waals surface area contributed by atoms with Gasteiger partial charge in [0.25, 0.3) is 5.56 Å². The van der Waals surface area contributed by atoms with Crippen LogP contribution in [-0.2, 0) is 7.05 Å². The molecule has 2 aromatic carbocycles. The minimum atomic E-state index is -0.370. The van der Waals surface area contributed by atoms with Crippen LogP contribution in [0.3, 0.4) is 0 Å². The van der Waals surface area contributed by atoms with E-state index in [4.69, 9.17) is 11.6 Å². The van der Waals surface area contributed by atoms with E-state index in [0.29, 0.717) is 26.6 Å². The molecule has 0 saturated carbocycles. The number of Topliss-reactive ketones (excluding diaryl/α,β-unsaturated/α-hetero) is 1. The Balaban J connectivity index is 1.91. The van der Waals surface area contributed by atoms with Crippen LogP contribution in [0.1, 0.15) is 17.3 Å². The zero-order valence-electron chi connectivity index (χ0n) is 13.2. The lowest BCUT2D eigenvalue weighted by Gasteiger charge is -2.13. The van der Waals surface area contributed by atoms with Crippen LogP contribution in [-0.4, -0.2) is 20.6 Å². The molecule has 0 radical (unpaired) electrons. The Morgan fingerprint density at radius 2 is 1.83 bits per heavy atom. The number of ketones is 1. The van der Waals surface area contributed by atoms with E-state index in [1.54, 1.807) is 43.4 Å². The van der Waals surface area contributed by atoms with Crippen LogP contribution in [0.5, 0.6) is 0 Å². The number of hydrogen-bond acceptors (Lipinski definition) is 4. The summed E-state index contributed by atoms with van der Waals surface area (Å²) in [5.74, 6) is -0.0286. The van der Waals surface area contributed by atoms with Gasteiger partial charge in [0.1, 0.15) is 0 Å². The summed E-state index contributed by atoms with van der Waals surface area (Å²) in [6, 6.07) is 14.0. The van der Waals surface area contributed by atoms with Gasteiger partial charge in [0.15, 0.2) is 10.9 Å². The van der Waals surface area contributed by atoms with Gasteiger partial charge in [-0.25, -0.2) is 4.98 Å². The highest BCUT2D eigenvalue weighted by Crippen LogP contribution is 2.24. The van der Waals surface area contributed by atoms with E-state index in [1.807, 2.05) is 19.1 Å². The number of halogens is 1. The third kappa shape index (κ3) is 3.23. The second kappa shape index (κ2) is 6.79. The topological polar surface area (TPSA) is 52.0 Å². The maximum absolute atomic E-state index is 12.5. The van der Waals surface area contributed by atoms with E-state index in [2.05, 4.69) is 4.98 Å². The molecule has 1 aromatic heterocycles. The molecule has 0 N–H and O–H groups in total. The molecule has 122 valence electrons. The van der Waals surface area contributed by atoms with Crippen molar-refractivity contribution in [3.05, 3.63) is 69.5 Å². The summed E-state index contributed by atoms with van der Waals surface area (Å²) in [7, 11) is 1.67. The number of para-hydroxylation sites is 1. The summed E-state index contributed by atoms with van der Waals surface area (Å²) in [6.45, 7) is 1.81. The van der Waals surface area contributed by atoms with Crippen molar-refractivity contribution in [2.75, 3.05) is 0 Å². The van der Waals surface area contributed by atoms with Gasteiger partial charge in [-0.15, -0.1) is 0 Å². The van der Waals surface area contributed by atoms with E-state index in [-0.39, 0.29) is 16.6 Å². The van der Waals surface area contributed by atoms with E-state index in [1.165, 1.54) is 16.3 Å². The molecule has 0 aliphatic carbocycles. The van der Waals surface area contributed by atoms with Crippen LogP contribution in [0.25, 0.3) is 10.9 Å². The normalized spacial score (nSPS) is 12.3. The van der Waals surface area contributed by atoms with Gasteiger partial charge < -0.3 is 0 Å². The number of nitrogens with zero attached hydrogens (tertiary/aromatic N) is 2. The number of benzene rings is 2. The molecular weight excluding hydrogens is 344 g/mol. The van der Waals surface area contributed by atoms with E-state index >= 15 is 0 Å². The van der Waals surface area contributed by atoms with E-state index in [9.17, 15) is 9.59 Å². The molecule has 24 heavy (non-hydrogen) atoms. The molecule has 0 aliphatic heterocycles. The Morgan fingerprint density at radius 3 is 2.54 bits per heavy atom. The number of carbonyl (C=O) groups is 1. The van der Waals surface area contributed by atoms with E-state index < -0.39 is 0 Å². The molecule has 0 bridgehead atoms. The van der Waals surface area contributed by atoms with Gasteiger partial charge in [0.2, 0.25) is 0 Å². The molecule has 0 amide bonds. The van der Waals surface area contributed by atoms with Crippen molar-refractivity contribution < 1.29 is 4.79 Å². The Hall–Kier alpha value is -2.11. The number of carbonyl (C=O) groups excluding carboxylic acids is 1. The summed E-state index contributed by atoms with van der Waals surface area (Å²) in [5.41, 5.74) is 1.11. The summed E-state index contributed by atoms with van der Waals surface area (Å²) >= 11 is 7.13. The summed E-state index contributed by atoms with van der Waals surface area (Å²) < 4.78 is 1.48. The molecular formula is C18H15ClN2O2S. The van der Waals surface area contributed by atoms with Crippen molar-refractivity contribution in [2.45, 2.75) is 17.3 Å². The SMILES string of the molecule is CC(Sc1nc2ccccc2c(=O)n1C)C(=O)c1ccc(Cl)cc1. The van der Waals surface area contributed by atoms with Crippen LogP contribution in [0.2, 0.25) is 5.02 Å². The molecule has 6 heteroatoms. The highest BCUT2D eigenvalue weighted by Gasteiger charge is 2.19. The van der Waals surface area contributed by atoms with Crippen LogP contribution < -0.4 is 5.56 Å². The zero-order valence-corrected chi connectivity index (χ0v) is 14.8. The van der Waals surface area contributed by atoms with Gasteiger partial charge in [-0.3, -0.25) is 14.2 Å². The molecule has 4 nitrogen and oxygen atoms in total. The van der Waals surface area contributed by atoms with Crippen LogP contribution in [0.15, 0.2) is 58.5 Å². The first-order valence-corrected chi connectivity index (χ1v) is 8.65. The largest absolute Gasteiger partial charge is 0.293 e. The van der Waals surface area contributed by atoms with Crippen molar-refractivity contribution in [1.29, 1.82) is 0 Å². The predicted octanol–water partition coefficient (Wildman–Crippen LogP) is 3.95. The highest BCUT2D eigenvalue weighted by molar-refractivity contribution is 8.00. The molecule has 0 aliphatic rings. The second-order valence-corrected chi connectivity index (χ2v) is 7.15. The maximum Gasteiger partial charge on any atom is 0.261 e. The van der Waals surface area contributed by atoms with E-state index in [0.717, 1.165) is 0 Å². The number of hydrogen-bond donors (Lipinski definition) is 0. The smallest absolute Gasteiger partial charge is 0.261 e. The number of fused-ring (bicyclic) bond motifs is 1. The Bertz CT molecular complexity index is 967. The fourth-order valence-electron chi connectivity index (χ4n) is 2.36. The fraction of sp³-hybridized carbons (Fsp3) is 0.167. The molecule has 1 atom stereocenters. The minimum Gasteiger partial charge on any atom is -0.293 e. The number of aromatic nitrogens is 2. The number of thioether (sulfide) groups is 1. The van der Waals surface area contributed by atoms with Gasteiger partial charge in [-0.2, -0.15) is 0 Å². The third-order valence-corrected chi connectivity index (χ3v) is 5.12. The van der Waals surface area contributed by atoms with Crippen LogP contribution in [0, 0.1) is 0 Å². The predicted molar refractivity (Wildman–Crippen MR) is 98.1 cm³/mol. The van der Waals surface area contributed by atoms with Gasteiger partial charge >= 0.3 is 0 Å². The fourth-order valence-corrected chi connectivity index (χ4v) is 3.44. The molecule has 0 saturated heterocycles. The Kier molecular flexibility index (Phi) is 4.73. The first-order chi connectivity index (χ1) is 11.5. The molecule has 1 heterocycles. The minimum absolute atomic E-state index is 0.0286. The molecule has 0 spiro atoms. The Morgan fingerprint density at radius 1 is 1.17 bits per heavy atom.